The van der Waals surface area contributed by atoms with Gasteiger partial charge in [-0.15, -0.1) is 21.5 Å². The molecule has 0 saturated carbocycles. The molecule has 1 aromatic carbocycles. The monoisotopic (exact) mass is 455 g/mol. The van der Waals surface area contributed by atoms with Crippen molar-refractivity contribution >= 4 is 33.3 Å². The Kier molecular flexibility index (Phi) is 5.75. The van der Waals surface area contributed by atoms with E-state index < -0.39 is 0 Å². The van der Waals surface area contributed by atoms with Crippen LogP contribution in [0.1, 0.15) is 18.7 Å². The quantitative estimate of drug-likeness (QED) is 0.424. The van der Waals surface area contributed by atoms with Gasteiger partial charge in [-0.25, -0.2) is 4.98 Å². The highest BCUT2D eigenvalue weighted by molar-refractivity contribution is 7.98. The average molecular weight is 456 g/mol. The average Bonchev–Trinajstić information content (AvgIpc) is 3.54. The maximum absolute atomic E-state index is 12.3. The first kappa shape index (κ1) is 20.2. The molecule has 1 atom stereocenters. The molecule has 0 aliphatic carbocycles. The highest BCUT2D eigenvalue weighted by atomic mass is 32.2. The van der Waals surface area contributed by atoms with Crippen LogP contribution in [-0.4, -0.2) is 44.6 Å². The number of nitrogens with one attached hydrogen (secondary N) is 1. The number of hydrogen-bond acceptors (Lipinski definition) is 8. The van der Waals surface area contributed by atoms with Crippen molar-refractivity contribution in [2.45, 2.75) is 36.4 Å². The van der Waals surface area contributed by atoms with Gasteiger partial charge < -0.3 is 14.5 Å². The van der Waals surface area contributed by atoms with Gasteiger partial charge in [-0.2, -0.15) is 0 Å². The van der Waals surface area contributed by atoms with E-state index in [0.717, 1.165) is 47.3 Å². The Balaban J connectivity index is 1.43. The fourth-order valence-electron chi connectivity index (χ4n) is 3.63. The Morgan fingerprint density at radius 1 is 1.29 bits per heavy atom. The molecule has 1 fully saturated rings. The molecule has 8 nitrogen and oxygen atoms in total. The molecule has 1 aliphatic heterocycles. The maximum atomic E-state index is 12.3. The minimum Gasteiger partial charge on any atom is -0.497 e. The zero-order chi connectivity index (χ0) is 21.2. The number of methoxy groups -OCH3 is 1. The van der Waals surface area contributed by atoms with Crippen LogP contribution in [0.2, 0.25) is 0 Å². The van der Waals surface area contributed by atoms with Gasteiger partial charge in [0.1, 0.15) is 16.3 Å². The fraction of sp³-hybridized carbons (Fsp3) is 0.333. The molecule has 0 bridgehead atoms. The smallest absolute Gasteiger partial charge is 0.268 e. The summed E-state index contributed by atoms with van der Waals surface area (Å²) in [6.45, 7) is 1.48. The lowest BCUT2D eigenvalue weighted by molar-refractivity contribution is 0.0953. The van der Waals surface area contributed by atoms with E-state index in [-0.39, 0.29) is 11.7 Å². The molecule has 3 aromatic heterocycles. The first-order valence-corrected chi connectivity index (χ1v) is 11.9. The van der Waals surface area contributed by atoms with Gasteiger partial charge in [-0.3, -0.25) is 9.36 Å². The van der Waals surface area contributed by atoms with E-state index in [1.165, 1.54) is 23.1 Å². The van der Waals surface area contributed by atoms with E-state index >= 15 is 0 Å². The van der Waals surface area contributed by atoms with E-state index in [1.807, 2.05) is 35.7 Å². The van der Waals surface area contributed by atoms with Gasteiger partial charge >= 0.3 is 0 Å². The van der Waals surface area contributed by atoms with Gasteiger partial charge in [0.2, 0.25) is 0 Å². The second-order valence-electron chi connectivity index (χ2n) is 7.22. The van der Waals surface area contributed by atoms with E-state index in [4.69, 9.17) is 9.47 Å². The van der Waals surface area contributed by atoms with Gasteiger partial charge in [0.05, 0.1) is 31.0 Å². The van der Waals surface area contributed by atoms with Crippen LogP contribution in [-0.2, 0) is 17.0 Å². The van der Waals surface area contributed by atoms with Gasteiger partial charge in [0, 0.05) is 12.2 Å². The minimum absolute atomic E-state index is 0.102. The number of nitrogens with zero attached hydrogens (tertiary/aromatic N) is 4. The van der Waals surface area contributed by atoms with Crippen molar-refractivity contribution in [3.8, 4) is 17.1 Å². The van der Waals surface area contributed by atoms with E-state index in [0.29, 0.717) is 22.8 Å². The zero-order valence-corrected chi connectivity index (χ0v) is 18.5. The van der Waals surface area contributed by atoms with Crippen LogP contribution in [0.3, 0.4) is 0 Å². The van der Waals surface area contributed by atoms with Crippen LogP contribution in [0.15, 0.2) is 45.7 Å². The van der Waals surface area contributed by atoms with Crippen molar-refractivity contribution in [2.24, 2.45) is 0 Å². The number of thioether (sulfide) groups is 1. The second kappa shape index (κ2) is 8.81. The summed E-state index contributed by atoms with van der Waals surface area (Å²) in [6, 6.07) is 9.65. The number of ether oxygens (including phenoxy) is 2. The van der Waals surface area contributed by atoms with Gasteiger partial charge in [-0.1, -0.05) is 11.8 Å². The first-order valence-electron chi connectivity index (χ1n) is 9.99. The summed E-state index contributed by atoms with van der Waals surface area (Å²) in [6.07, 6.45) is 2.24. The van der Waals surface area contributed by atoms with Crippen molar-refractivity contribution in [3.63, 3.8) is 0 Å². The summed E-state index contributed by atoms with van der Waals surface area (Å²) in [5.41, 5.74) is 1.59. The van der Waals surface area contributed by atoms with Crippen LogP contribution in [0, 0.1) is 0 Å². The highest BCUT2D eigenvalue weighted by Gasteiger charge is 2.22. The van der Waals surface area contributed by atoms with Gasteiger partial charge in [-0.05, 0) is 48.6 Å². The van der Waals surface area contributed by atoms with Crippen molar-refractivity contribution in [3.05, 3.63) is 51.9 Å². The molecule has 1 aliphatic rings. The number of hydrogen-bond donors (Lipinski definition) is 1. The third kappa shape index (κ3) is 4.23. The Morgan fingerprint density at radius 2 is 2.16 bits per heavy atom. The highest BCUT2D eigenvalue weighted by Crippen LogP contribution is 2.29. The molecule has 1 N–H and O–H groups in total. The Morgan fingerprint density at radius 3 is 2.94 bits per heavy atom. The first-order chi connectivity index (χ1) is 15.2. The summed E-state index contributed by atoms with van der Waals surface area (Å²) in [4.78, 5) is 19.7. The van der Waals surface area contributed by atoms with E-state index in [2.05, 4.69) is 24.7 Å². The van der Waals surface area contributed by atoms with Crippen LogP contribution >= 0.6 is 23.1 Å². The largest absolute Gasteiger partial charge is 0.497 e. The van der Waals surface area contributed by atoms with Crippen molar-refractivity contribution in [2.75, 3.05) is 13.7 Å². The number of fused-ring (bicyclic) bond motifs is 1. The number of H-pyrrole nitrogens is 1. The lowest BCUT2D eigenvalue weighted by Crippen LogP contribution is -2.17. The summed E-state index contributed by atoms with van der Waals surface area (Å²) < 4.78 is 13.9. The standard InChI is InChI=1S/C21H21N5O3S2/c1-28-14-6-4-13(5-7-14)19-24-25-21(26(19)11-15-3-2-9-29-15)31-12-17-22-16-8-10-30-18(16)20(27)23-17/h4-8,10,15H,2-3,9,11-12H2,1H3,(H,22,23,27). The minimum atomic E-state index is -0.102. The molecule has 0 spiro atoms. The number of rotatable bonds is 7. The predicted molar refractivity (Wildman–Crippen MR) is 121 cm³/mol. The Labute approximate surface area is 186 Å². The maximum Gasteiger partial charge on any atom is 0.268 e. The molecule has 1 saturated heterocycles. The van der Waals surface area contributed by atoms with Crippen molar-refractivity contribution in [1.82, 2.24) is 24.7 Å². The molecule has 4 aromatic rings. The molecule has 0 radical (unpaired) electrons. The fourth-order valence-corrected chi connectivity index (χ4v) is 5.17. The van der Waals surface area contributed by atoms with Crippen molar-refractivity contribution < 1.29 is 9.47 Å². The molecule has 10 heteroatoms. The predicted octanol–water partition coefficient (Wildman–Crippen LogP) is 3.72. The number of aromatic nitrogens is 5. The van der Waals surface area contributed by atoms with Crippen LogP contribution in [0.25, 0.3) is 21.6 Å². The summed E-state index contributed by atoms with van der Waals surface area (Å²) >= 11 is 2.90. The second-order valence-corrected chi connectivity index (χ2v) is 9.08. The van der Waals surface area contributed by atoms with Crippen LogP contribution < -0.4 is 10.3 Å². The summed E-state index contributed by atoms with van der Waals surface area (Å²) in [5.74, 6) is 2.70. The number of benzene rings is 1. The number of thiophene rings is 1. The third-order valence-electron chi connectivity index (χ3n) is 5.18. The van der Waals surface area contributed by atoms with E-state index in [1.54, 1.807) is 7.11 Å². The van der Waals surface area contributed by atoms with Gasteiger partial charge in [0.25, 0.3) is 5.56 Å². The Hall–Kier alpha value is -2.69. The molecular weight excluding hydrogens is 434 g/mol. The normalized spacial score (nSPS) is 16.2. The molecule has 4 heterocycles. The molecular formula is C21H21N5O3S2. The topological polar surface area (TPSA) is 94.9 Å². The molecule has 5 rings (SSSR count). The third-order valence-corrected chi connectivity index (χ3v) is 7.06. The molecule has 1 unspecified atom stereocenters. The van der Waals surface area contributed by atoms with Crippen LogP contribution in [0.5, 0.6) is 5.75 Å². The van der Waals surface area contributed by atoms with Crippen molar-refractivity contribution in [1.29, 1.82) is 0 Å². The van der Waals surface area contributed by atoms with Crippen LogP contribution in [0.4, 0.5) is 0 Å². The van der Waals surface area contributed by atoms with Gasteiger partial charge in [0.15, 0.2) is 11.0 Å². The lowest BCUT2D eigenvalue weighted by atomic mass is 10.2. The summed E-state index contributed by atoms with van der Waals surface area (Å²) in [7, 11) is 1.65. The molecule has 31 heavy (non-hydrogen) atoms. The zero-order valence-electron chi connectivity index (χ0n) is 16.9. The SMILES string of the molecule is COc1ccc(-c2nnc(SCc3nc4ccsc4c(=O)[nH]3)n2CC2CCCO2)cc1. The van der Waals surface area contributed by atoms with E-state index in [9.17, 15) is 4.79 Å². The lowest BCUT2D eigenvalue weighted by Gasteiger charge is -2.15. The Bertz CT molecular complexity index is 1240. The molecule has 0 amide bonds. The number of aromatic amines is 1. The molecule has 160 valence electrons. The summed E-state index contributed by atoms with van der Waals surface area (Å²) in [5, 5.41) is 11.5.